The van der Waals surface area contributed by atoms with Crippen molar-refractivity contribution in [2.45, 2.75) is 51.1 Å². The van der Waals surface area contributed by atoms with E-state index in [1.807, 2.05) is 23.1 Å². The van der Waals surface area contributed by atoms with Crippen LogP contribution in [0.1, 0.15) is 38.2 Å². The Balaban J connectivity index is 1.64. The zero-order valence-electron chi connectivity index (χ0n) is 13.7. The van der Waals surface area contributed by atoms with Crippen LogP contribution in [-0.2, 0) is 16.0 Å². The van der Waals surface area contributed by atoms with Gasteiger partial charge >= 0.3 is 0 Å². The van der Waals surface area contributed by atoms with E-state index in [-0.39, 0.29) is 23.9 Å². The fourth-order valence-electron chi connectivity index (χ4n) is 3.67. The zero-order valence-corrected chi connectivity index (χ0v) is 13.7. The van der Waals surface area contributed by atoms with Crippen molar-refractivity contribution >= 4 is 17.5 Å². The van der Waals surface area contributed by atoms with Crippen LogP contribution in [0.3, 0.4) is 0 Å². The predicted molar refractivity (Wildman–Crippen MR) is 90.1 cm³/mol. The van der Waals surface area contributed by atoms with Crippen LogP contribution < -0.4 is 10.6 Å². The van der Waals surface area contributed by atoms with Crippen LogP contribution in [-0.4, -0.2) is 41.9 Å². The molecule has 2 aliphatic heterocycles. The Morgan fingerprint density at radius 1 is 1.30 bits per heavy atom. The summed E-state index contributed by atoms with van der Waals surface area (Å²) in [6.07, 6.45) is 3.42. The summed E-state index contributed by atoms with van der Waals surface area (Å²) >= 11 is 0. The molecule has 0 aliphatic carbocycles. The van der Waals surface area contributed by atoms with Crippen molar-refractivity contribution in [1.29, 1.82) is 0 Å². The fraction of sp³-hybridized carbons (Fsp3) is 0.556. The van der Waals surface area contributed by atoms with Gasteiger partial charge in [0.15, 0.2) is 0 Å². The summed E-state index contributed by atoms with van der Waals surface area (Å²) in [7, 11) is 0. The molecule has 2 aliphatic rings. The second-order valence-electron chi connectivity index (χ2n) is 6.64. The Hall–Kier alpha value is -1.88. The van der Waals surface area contributed by atoms with Crippen LogP contribution in [0.15, 0.2) is 24.3 Å². The van der Waals surface area contributed by atoms with Gasteiger partial charge in [0.2, 0.25) is 11.8 Å². The first-order chi connectivity index (χ1) is 11.1. The molecule has 0 saturated carbocycles. The summed E-state index contributed by atoms with van der Waals surface area (Å²) in [5.41, 5.74) is 8.11. The number of nitrogens with two attached hydrogens (primary N) is 1. The molecule has 124 valence electrons. The molecular formula is C18H25N3O2. The van der Waals surface area contributed by atoms with Crippen LogP contribution in [0.4, 0.5) is 5.69 Å². The number of carbonyl (C=O) groups is 2. The molecular weight excluding hydrogens is 290 g/mol. The third-order valence-corrected chi connectivity index (χ3v) is 4.98. The second-order valence-corrected chi connectivity index (χ2v) is 6.64. The molecule has 1 aromatic carbocycles. The van der Waals surface area contributed by atoms with Gasteiger partial charge in [-0.25, -0.2) is 0 Å². The maximum absolute atomic E-state index is 12.5. The van der Waals surface area contributed by atoms with Gasteiger partial charge in [-0.3, -0.25) is 9.59 Å². The van der Waals surface area contributed by atoms with E-state index in [1.165, 1.54) is 5.56 Å². The van der Waals surface area contributed by atoms with E-state index >= 15 is 0 Å². The Bertz CT molecular complexity index is 602. The van der Waals surface area contributed by atoms with Gasteiger partial charge in [0, 0.05) is 43.7 Å². The molecule has 0 spiro atoms. The average Bonchev–Trinajstić information content (AvgIpc) is 2.53. The number of amides is 2. The van der Waals surface area contributed by atoms with Crippen LogP contribution in [0.5, 0.6) is 0 Å². The molecule has 5 heteroatoms. The van der Waals surface area contributed by atoms with Gasteiger partial charge in [-0.2, -0.15) is 0 Å². The summed E-state index contributed by atoms with van der Waals surface area (Å²) < 4.78 is 0. The first-order valence-corrected chi connectivity index (χ1v) is 8.49. The first-order valence-electron chi connectivity index (χ1n) is 8.49. The minimum absolute atomic E-state index is 0.116. The molecule has 1 saturated heterocycles. The molecule has 0 aromatic heterocycles. The normalized spacial score (nSPS) is 24.5. The Labute approximate surface area is 137 Å². The van der Waals surface area contributed by atoms with Crippen molar-refractivity contribution in [1.82, 2.24) is 4.90 Å². The highest BCUT2D eigenvalue weighted by atomic mass is 16.2. The number of likely N-dealkylation sites (tertiary alicyclic amines) is 1. The third kappa shape index (κ3) is 3.39. The lowest BCUT2D eigenvalue weighted by Gasteiger charge is -2.37. The average molecular weight is 315 g/mol. The number of piperidine rings is 1. The summed E-state index contributed by atoms with van der Waals surface area (Å²) in [6.45, 7) is 3.24. The van der Waals surface area contributed by atoms with Crippen molar-refractivity contribution in [3.63, 3.8) is 0 Å². The maximum Gasteiger partial charge on any atom is 0.227 e. The summed E-state index contributed by atoms with van der Waals surface area (Å²) in [4.78, 5) is 28.5. The zero-order chi connectivity index (χ0) is 16.4. The van der Waals surface area contributed by atoms with Crippen molar-refractivity contribution in [3.8, 4) is 0 Å². The van der Waals surface area contributed by atoms with E-state index < -0.39 is 0 Å². The first kappa shape index (κ1) is 16.0. The second kappa shape index (κ2) is 6.71. The number of anilines is 1. The molecule has 0 bridgehead atoms. The summed E-state index contributed by atoms with van der Waals surface area (Å²) in [5.74, 6) is 0.241. The van der Waals surface area contributed by atoms with Gasteiger partial charge in [0.25, 0.3) is 0 Å². The van der Waals surface area contributed by atoms with Crippen LogP contribution in [0.2, 0.25) is 0 Å². The highest BCUT2D eigenvalue weighted by Crippen LogP contribution is 2.27. The number of fused-ring (bicyclic) bond motifs is 1. The van der Waals surface area contributed by atoms with Crippen molar-refractivity contribution in [2.24, 2.45) is 5.73 Å². The number of benzene rings is 1. The molecule has 5 nitrogen and oxygen atoms in total. The quantitative estimate of drug-likeness (QED) is 0.923. The third-order valence-electron chi connectivity index (χ3n) is 4.98. The summed E-state index contributed by atoms with van der Waals surface area (Å²) in [6, 6.07) is 8.36. The van der Waals surface area contributed by atoms with E-state index in [4.69, 9.17) is 5.73 Å². The van der Waals surface area contributed by atoms with E-state index in [1.54, 1.807) is 4.90 Å². The van der Waals surface area contributed by atoms with Gasteiger partial charge in [0.05, 0.1) is 0 Å². The smallest absolute Gasteiger partial charge is 0.227 e. The van der Waals surface area contributed by atoms with E-state index in [0.717, 1.165) is 31.5 Å². The summed E-state index contributed by atoms with van der Waals surface area (Å²) in [5, 5.41) is 0. The van der Waals surface area contributed by atoms with E-state index in [2.05, 4.69) is 13.0 Å². The van der Waals surface area contributed by atoms with E-state index in [9.17, 15) is 9.59 Å². The minimum Gasteiger partial charge on any atom is -0.340 e. The molecule has 23 heavy (non-hydrogen) atoms. The van der Waals surface area contributed by atoms with Gasteiger partial charge in [-0.05, 0) is 37.8 Å². The molecule has 2 N–H and O–H groups in total. The fourth-order valence-corrected chi connectivity index (χ4v) is 3.67. The van der Waals surface area contributed by atoms with Gasteiger partial charge < -0.3 is 15.5 Å². The lowest BCUT2D eigenvalue weighted by Crippen LogP contribution is -2.49. The number of nitrogens with zero attached hydrogens (tertiary/aromatic N) is 2. The Morgan fingerprint density at radius 3 is 2.87 bits per heavy atom. The minimum atomic E-state index is 0.116. The predicted octanol–water partition coefficient (Wildman–Crippen LogP) is 1.69. The molecule has 1 fully saturated rings. The highest BCUT2D eigenvalue weighted by Gasteiger charge is 2.29. The SMILES string of the molecule is C[C@H]1C[C@@H](N)CCN1C(=O)CCN1C(=O)CCc2ccccc21. The van der Waals surface area contributed by atoms with Crippen molar-refractivity contribution in [3.05, 3.63) is 29.8 Å². The number of hydrogen-bond acceptors (Lipinski definition) is 3. The number of para-hydroxylation sites is 1. The van der Waals surface area contributed by atoms with Crippen molar-refractivity contribution in [2.75, 3.05) is 18.0 Å². The topological polar surface area (TPSA) is 66.6 Å². The van der Waals surface area contributed by atoms with Crippen LogP contribution in [0.25, 0.3) is 0 Å². The van der Waals surface area contributed by atoms with Crippen LogP contribution >= 0.6 is 0 Å². The maximum atomic E-state index is 12.5. The lowest BCUT2D eigenvalue weighted by atomic mass is 9.98. The van der Waals surface area contributed by atoms with Crippen molar-refractivity contribution < 1.29 is 9.59 Å². The van der Waals surface area contributed by atoms with Gasteiger partial charge in [0.1, 0.15) is 0 Å². The van der Waals surface area contributed by atoms with Gasteiger partial charge in [-0.15, -0.1) is 0 Å². The molecule has 2 amide bonds. The highest BCUT2D eigenvalue weighted by molar-refractivity contribution is 5.97. The monoisotopic (exact) mass is 315 g/mol. The molecule has 2 atom stereocenters. The number of hydrogen-bond donors (Lipinski definition) is 1. The molecule has 0 radical (unpaired) electrons. The standard InChI is InChI=1S/C18H25N3O2/c1-13-12-15(19)8-10-20(13)18(23)9-11-21-16-5-3-2-4-14(16)6-7-17(21)22/h2-5,13,15H,6-12,19H2,1H3/t13-,15-/m0/s1. The Morgan fingerprint density at radius 2 is 2.09 bits per heavy atom. The number of aryl methyl sites for hydroxylation is 1. The van der Waals surface area contributed by atoms with E-state index in [0.29, 0.717) is 19.4 Å². The molecule has 3 rings (SSSR count). The largest absolute Gasteiger partial charge is 0.340 e. The van der Waals surface area contributed by atoms with Crippen LogP contribution in [0, 0.1) is 0 Å². The molecule has 0 unspecified atom stereocenters. The molecule has 2 heterocycles. The molecule has 1 aromatic rings. The number of carbonyl (C=O) groups excluding carboxylic acids is 2. The Kier molecular flexibility index (Phi) is 4.66. The number of rotatable bonds is 3. The van der Waals surface area contributed by atoms with Gasteiger partial charge in [-0.1, -0.05) is 18.2 Å². The lowest BCUT2D eigenvalue weighted by molar-refractivity contribution is -0.134.